The Hall–Kier alpha value is -1.94. The third-order valence-corrected chi connectivity index (χ3v) is 2.16. The average Bonchev–Trinajstić information content (AvgIpc) is 2.28. The highest BCUT2D eigenvalue weighted by molar-refractivity contribution is 5.82. The predicted octanol–water partition coefficient (Wildman–Crippen LogP) is 1.49. The van der Waals surface area contributed by atoms with Gasteiger partial charge in [0, 0.05) is 11.6 Å². The Labute approximate surface area is 93.0 Å². The summed E-state index contributed by atoms with van der Waals surface area (Å²) >= 11 is 0. The molecule has 82 valence electrons. The van der Waals surface area contributed by atoms with Gasteiger partial charge in [0.2, 0.25) is 0 Å². The summed E-state index contributed by atoms with van der Waals surface area (Å²) in [5, 5.41) is 0.928. The summed E-state index contributed by atoms with van der Waals surface area (Å²) in [6, 6.07) is 8.40. The van der Waals surface area contributed by atoms with E-state index in [2.05, 4.69) is 4.98 Å². The second-order valence-corrected chi connectivity index (χ2v) is 3.57. The maximum atomic E-state index is 11.3. The van der Waals surface area contributed by atoms with Crippen molar-refractivity contribution in [1.82, 2.24) is 4.98 Å². The highest BCUT2D eigenvalue weighted by Gasteiger charge is 2.10. The van der Waals surface area contributed by atoms with Crippen molar-refractivity contribution in [2.24, 2.45) is 5.73 Å². The van der Waals surface area contributed by atoms with E-state index in [0.29, 0.717) is 5.75 Å². The fourth-order valence-electron chi connectivity index (χ4n) is 1.33. The van der Waals surface area contributed by atoms with Gasteiger partial charge in [-0.15, -0.1) is 0 Å². The van der Waals surface area contributed by atoms with Gasteiger partial charge < -0.3 is 10.5 Å². The van der Waals surface area contributed by atoms with Crippen LogP contribution < -0.4 is 10.5 Å². The number of esters is 1. The van der Waals surface area contributed by atoms with Crippen molar-refractivity contribution in [3.05, 3.63) is 36.5 Å². The van der Waals surface area contributed by atoms with E-state index in [1.54, 1.807) is 31.3 Å². The van der Waals surface area contributed by atoms with Gasteiger partial charge in [-0.2, -0.15) is 0 Å². The van der Waals surface area contributed by atoms with Crippen LogP contribution in [0.5, 0.6) is 5.75 Å². The van der Waals surface area contributed by atoms with E-state index in [1.807, 2.05) is 12.1 Å². The molecule has 0 aliphatic carbocycles. The van der Waals surface area contributed by atoms with Gasteiger partial charge in [-0.1, -0.05) is 6.07 Å². The summed E-state index contributed by atoms with van der Waals surface area (Å²) in [6.45, 7) is 1.59. The first-order valence-corrected chi connectivity index (χ1v) is 4.99. The van der Waals surface area contributed by atoms with E-state index >= 15 is 0 Å². The van der Waals surface area contributed by atoms with Crippen molar-refractivity contribution in [3.8, 4) is 5.75 Å². The molecule has 0 aliphatic heterocycles. The number of carbonyl (C=O) groups excluding carboxylic acids is 1. The third kappa shape index (κ3) is 2.17. The average molecular weight is 216 g/mol. The van der Waals surface area contributed by atoms with Gasteiger partial charge in [0.25, 0.3) is 0 Å². The maximum absolute atomic E-state index is 11.3. The minimum Gasteiger partial charge on any atom is -0.425 e. The second-order valence-electron chi connectivity index (χ2n) is 3.57. The normalized spacial score (nSPS) is 12.4. The molecule has 1 aromatic carbocycles. The number of pyridine rings is 1. The van der Waals surface area contributed by atoms with Gasteiger partial charge in [-0.25, -0.2) is 4.79 Å². The van der Waals surface area contributed by atoms with Crippen molar-refractivity contribution in [3.63, 3.8) is 0 Å². The number of nitrogens with two attached hydrogens (primary N) is 1. The van der Waals surface area contributed by atoms with Crippen molar-refractivity contribution < 1.29 is 9.53 Å². The molecule has 0 unspecified atom stereocenters. The molecule has 0 saturated carbocycles. The number of hydrogen-bond acceptors (Lipinski definition) is 4. The molecule has 0 spiro atoms. The van der Waals surface area contributed by atoms with Crippen LogP contribution in [0.4, 0.5) is 0 Å². The smallest absolute Gasteiger partial charge is 0.328 e. The van der Waals surface area contributed by atoms with E-state index in [9.17, 15) is 4.79 Å². The number of ether oxygens (including phenoxy) is 1. The largest absolute Gasteiger partial charge is 0.425 e. The molecule has 2 aromatic rings. The van der Waals surface area contributed by atoms with Crippen LogP contribution in [0.25, 0.3) is 10.9 Å². The van der Waals surface area contributed by atoms with Crippen molar-refractivity contribution in [2.75, 3.05) is 0 Å². The lowest BCUT2D eigenvalue weighted by Crippen LogP contribution is -2.30. The fraction of sp³-hybridized carbons (Fsp3) is 0.167. The quantitative estimate of drug-likeness (QED) is 0.610. The van der Waals surface area contributed by atoms with Crippen LogP contribution in [0.3, 0.4) is 0 Å². The molecule has 0 amide bonds. The molecule has 0 radical (unpaired) electrons. The highest BCUT2D eigenvalue weighted by atomic mass is 16.5. The van der Waals surface area contributed by atoms with Crippen LogP contribution in [0.2, 0.25) is 0 Å². The molecule has 16 heavy (non-hydrogen) atoms. The van der Waals surface area contributed by atoms with E-state index in [4.69, 9.17) is 10.5 Å². The number of nitrogens with zero attached hydrogens (tertiary/aromatic N) is 1. The van der Waals surface area contributed by atoms with Crippen LogP contribution in [0.15, 0.2) is 36.5 Å². The third-order valence-electron chi connectivity index (χ3n) is 2.16. The highest BCUT2D eigenvalue weighted by Crippen LogP contribution is 2.19. The van der Waals surface area contributed by atoms with Gasteiger partial charge in [0.1, 0.15) is 11.8 Å². The van der Waals surface area contributed by atoms with Crippen molar-refractivity contribution in [2.45, 2.75) is 13.0 Å². The van der Waals surface area contributed by atoms with Gasteiger partial charge in [-0.05, 0) is 31.2 Å². The van der Waals surface area contributed by atoms with E-state index in [-0.39, 0.29) is 0 Å². The number of hydrogen-bond donors (Lipinski definition) is 1. The molecule has 1 aromatic heterocycles. The zero-order valence-corrected chi connectivity index (χ0v) is 8.88. The van der Waals surface area contributed by atoms with Gasteiger partial charge >= 0.3 is 5.97 Å². The number of aromatic nitrogens is 1. The summed E-state index contributed by atoms with van der Waals surface area (Å²) in [4.78, 5) is 15.5. The number of benzene rings is 1. The molecule has 4 nitrogen and oxygen atoms in total. The van der Waals surface area contributed by atoms with E-state index in [0.717, 1.165) is 10.9 Å². The van der Waals surface area contributed by atoms with Gasteiger partial charge in [0.05, 0.1) is 5.52 Å². The number of carbonyl (C=O) groups is 1. The molecule has 2 rings (SSSR count). The van der Waals surface area contributed by atoms with Crippen LogP contribution in [-0.2, 0) is 4.79 Å². The molecule has 1 heterocycles. The topological polar surface area (TPSA) is 65.2 Å². The minimum atomic E-state index is -0.621. The minimum absolute atomic E-state index is 0.441. The molecule has 2 N–H and O–H groups in total. The first-order chi connectivity index (χ1) is 7.66. The van der Waals surface area contributed by atoms with E-state index in [1.165, 1.54) is 0 Å². The first-order valence-electron chi connectivity index (χ1n) is 4.99. The number of rotatable bonds is 2. The van der Waals surface area contributed by atoms with Gasteiger partial charge in [-0.3, -0.25) is 4.98 Å². The van der Waals surface area contributed by atoms with Crippen LogP contribution in [-0.4, -0.2) is 17.0 Å². The Morgan fingerprint density at radius 2 is 2.25 bits per heavy atom. The molecule has 0 bridgehead atoms. The lowest BCUT2D eigenvalue weighted by atomic mass is 10.2. The maximum Gasteiger partial charge on any atom is 0.328 e. The zero-order valence-electron chi connectivity index (χ0n) is 8.88. The first kappa shape index (κ1) is 10.6. The lowest BCUT2D eigenvalue weighted by Gasteiger charge is -2.07. The molecular formula is C12H12N2O2. The van der Waals surface area contributed by atoms with Crippen molar-refractivity contribution >= 4 is 16.9 Å². The Morgan fingerprint density at radius 3 is 3.00 bits per heavy atom. The summed E-state index contributed by atoms with van der Waals surface area (Å²) in [5.41, 5.74) is 6.27. The Balaban J connectivity index is 2.29. The monoisotopic (exact) mass is 216 g/mol. The van der Waals surface area contributed by atoms with Crippen LogP contribution >= 0.6 is 0 Å². The summed E-state index contributed by atoms with van der Waals surface area (Å²) < 4.78 is 5.09. The lowest BCUT2D eigenvalue weighted by molar-refractivity contribution is -0.135. The molecule has 0 aliphatic rings. The Kier molecular flexibility index (Phi) is 2.83. The number of fused-ring (bicyclic) bond motifs is 1. The van der Waals surface area contributed by atoms with Crippen LogP contribution in [0, 0.1) is 0 Å². The summed E-state index contributed by atoms with van der Waals surface area (Å²) in [5.74, 6) is 0.0473. The Morgan fingerprint density at radius 1 is 1.44 bits per heavy atom. The fourth-order valence-corrected chi connectivity index (χ4v) is 1.33. The summed E-state index contributed by atoms with van der Waals surface area (Å²) in [7, 11) is 0. The molecule has 1 atom stereocenters. The predicted molar refractivity (Wildman–Crippen MR) is 61.0 cm³/mol. The second kappa shape index (κ2) is 4.28. The standard InChI is InChI=1S/C12H12N2O2/c1-8(13)12(15)16-10-4-5-11-9(7-10)3-2-6-14-11/h2-8H,13H2,1H3/t8-/m0/s1. The van der Waals surface area contributed by atoms with Crippen LogP contribution in [0.1, 0.15) is 6.92 Å². The molecular weight excluding hydrogens is 204 g/mol. The van der Waals surface area contributed by atoms with Gasteiger partial charge in [0.15, 0.2) is 0 Å². The molecule has 4 heteroatoms. The zero-order chi connectivity index (χ0) is 11.5. The molecule has 0 fully saturated rings. The van der Waals surface area contributed by atoms with E-state index < -0.39 is 12.0 Å². The summed E-state index contributed by atoms with van der Waals surface area (Å²) in [6.07, 6.45) is 1.72. The molecule has 0 saturated heterocycles. The SMILES string of the molecule is C[C@H](N)C(=O)Oc1ccc2ncccc2c1. The van der Waals surface area contributed by atoms with Crippen molar-refractivity contribution in [1.29, 1.82) is 0 Å². The Bertz CT molecular complexity index is 523.